The molecule has 112 valence electrons. The number of carbonyl (C=O) groups excluding carboxylic acids is 1. The van der Waals surface area contributed by atoms with E-state index in [1.807, 2.05) is 32.6 Å². The molecule has 0 atom stereocenters. The van der Waals surface area contributed by atoms with Gasteiger partial charge in [0.2, 0.25) is 5.91 Å². The first-order valence-electron chi connectivity index (χ1n) is 6.78. The molecule has 0 spiro atoms. The third-order valence-corrected chi connectivity index (χ3v) is 3.31. The van der Waals surface area contributed by atoms with Crippen LogP contribution in [-0.2, 0) is 4.79 Å². The summed E-state index contributed by atoms with van der Waals surface area (Å²) < 4.78 is 0.779. The molecular weight excluding hydrogens is 322 g/mol. The van der Waals surface area contributed by atoms with Crippen molar-refractivity contribution in [3.63, 3.8) is 0 Å². The first kappa shape index (κ1) is 16.7. The molecule has 20 heavy (non-hydrogen) atoms. The quantitative estimate of drug-likeness (QED) is 0.792. The summed E-state index contributed by atoms with van der Waals surface area (Å²) in [5.41, 5.74) is 0. The summed E-state index contributed by atoms with van der Waals surface area (Å²) in [4.78, 5) is 22.2. The Labute approximate surface area is 128 Å². The molecule has 0 fully saturated rings. The molecule has 7 heteroatoms. The number of anilines is 2. The van der Waals surface area contributed by atoms with Gasteiger partial charge in [-0.15, -0.1) is 0 Å². The molecule has 1 aromatic heterocycles. The van der Waals surface area contributed by atoms with Crippen LogP contribution in [0.5, 0.6) is 0 Å². The second-order valence-corrected chi connectivity index (χ2v) is 5.42. The van der Waals surface area contributed by atoms with Gasteiger partial charge in [0.05, 0.1) is 6.54 Å². The second-order valence-electron chi connectivity index (χ2n) is 4.63. The average Bonchev–Trinajstić information content (AvgIpc) is 2.38. The van der Waals surface area contributed by atoms with Crippen molar-refractivity contribution in [1.82, 2.24) is 15.3 Å². The Morgan fingerprint density at radius 1 is 1.40 bits per heavy atom. The van der Waals surface area contributed by atoms with E-state index in [2.05, 4.69) is 36.5 Å². The predicted octanol–water partition coefficient (Wildman–Crippen LogP) is 2.02. The number of halogens is 1. The third-order valence-electron chi connectivity index (χ3n) is 2.58. The van der Waals surface area contributed by atoms with Crippen LogP contribution in [-0.4, -0.2) is 41.6 Å². The zero-order valence-electron chi connectivity index (χ0n) is 12.4. The number of nitrogens with one attached hydrogen (secondary N) is 2. The highest BCUT2D eigenvalue weighted by atomic mass is 79.9. The third kappa shape index (κ3) is 4.63. The van der Waals surface area contributed by atoms with Crippen LogP contribution in [0.3, 0.4) is 0 Å². The van der Waals surface area contributed by atoms with Crippen LogP contribution in [0, 0.1) is 0 Å². The first-order valence-corrected chi connectivity index (χ1v) is 7.57. The molecule has 0 saturated carbocycles. The Morgan fingerprint density at radius 3 is 2.65 bits per heavy atom. The van der Waals surface area contributed by atoms with Crippen molar-refractivity contribution < 1.29 is 4.79 Å². The van der Waals surface area contributed by atoms with E-state index < -0.39 is 0 Å². The van der Waals surface area contributed by atoms with Crippen molar-refractivity contribution in [3.8, 4) is 0 Å². The molecule has 0 saturated heterocycles. The first-order chi connectivity index (χ1) is 9.49. The molecule has 1 aromatic rings. The molecule has 0 radical (unpaired) electrons. The second kappa shape index (κ2) is 8.04. The molecule has 2 N–H and O–H groups in total. The minimum Gasteiger partial charge on any atom is -0.369 e. The highest BCUT2D eigenvalue weighted by Gasteiger charge is 2.17. The van der Waals surface area contributed by atoms with Crippen LogP contribution in [0.2, 0.25) is 0 Å². The van der Waals surface area contributed by atoms with Gasteiger partial charge in [0.15, 0.2) is 0 Å². The molecule has 0 aliphatic carbocycles. The number of aromatic nitrogens is 2. The Bertz CT molecular complexity index is 452. The topological polar surface area (TPSA) is 70.2 Å². The Kier molecular flexibility index (Phi) is 6.70. The molecule has 0 unspecified atom stereocenters. The van der Waals surface area contributed by atoms with E-state index in [-0.39, 0.29) is 18.5 Å². The number of rotatable bonds is 7. The lowest BCUT2D eigenvalue weighted by Gasteiger charge is -2.23. The van der Waals surface area contributed by atoms with Crippen molar-refractivity contribution in [3.05, 3.63) is 10.8 Å². The van der Waals surface area contributed by atoms with Crippen LogP contribution < -0.4 is 15.5 Å². The lowest BCUT2D eigenvalue weighted by molar-refractivity contribution is -0.120. The predicted molar refractivity (Wildman–Crippen MR) is 85.1 cm³/mol. The van der Waals surface area contributed by atoms with Crippen molar-refractivity contribution in [1.29, 1.82) is 0 Å². The average molecular weight is 344 g/mol. The molecule has 0 aromatic carbocycles. The fourth-order valence-electron chi connectivity index (χ4n) is 1.75. The Hall–Kier alpha value is -1.37. The molecule has 1 amide bonds. The molecule has 6 nitrogen and oxygen atoms in total. The van der Waals surface area contributed by atoms with Gasteiger partial charge < -0.3 is 15.5 Å². The zero-order valence-corrected chi connectivity index (χ0v) is 14.0. The molecule has 0 bridgehead atoms. The van der Waals surface area contributed by atoms with Gasteiger partial charge in [0.25, 0.3) is 0 Å². The van der Waals surface area contributed by atoms with Gasteiger partial charge in [-0.1, -0.05) is 0 Å². The van der Waals surface area contributed by atoms with Gasteiger partial charge >= 0.3 is 0 Å². The summed E-state index contributed by atoms with van der Waals surface area (Å²) in [5.74, 6) is 1.44. The normalized spacial score (nSPS) is 10.5. The van der Waals surface area contributed by atoms with Gasteiger partial charge in [-0.05, 0) is 43.6 Å². The van der Waals surface area contributed by atoms with Gasteiger partial charge in [0, 0.05) is 19.1 Å². The van der Waals surface area contributed by atoms with Gasteiger partial charge in [-0.25, -0.2) is 9.97 Å². The van der Waals surface area contributed by atoms with Crippen LogP contribution in [0.4, 0.5) is 11.6 Å². The number of hydrogen-bond donors (Lipinski definition) is 2. The standard InChI is InChI=1S/C13H22BrN5O/c1-5-15-12-11(14)13(17-8-16-12)19(6-2)7-10(20)18-9(3)4/h8-9H,5-7H2,1-4H3,(H,18,20)(H,15,16,17). The number of nitrogens with zero attached hydrogens (tertiary/aromatic N) is 3. The lowest BCUT2D eigenvalue weighted by Crippen LogP contribution is -2.40. The minimum atomic E-state index is -0.0163. The van der Waals surface area contributed by atoms with Crippen LogP contribution in [0.1, 0.15) is 27.7 Å². The van der Waals surface area contributed by atoms with Crippen molar-refractivity contribution >= 4 is 33.5 Å². The van der Waals surface area contributed by atoms with Crippen molar-refractivity contribution in [2.45, 2.75) is 33.7 Å². The smallest absolute Gasteiger partial charge is 0.239 e. The fourth-order valence-corrected chi connectivity index (χ4v) is 2.34. The largest absolute Gasteiger partial charge is 0.369 e. The summed E-state index contributed by atoms with van der Waals surface area (Å²) in [6, 6.07) is 0.132. The van der Waals surface area contributed by atoms with Crippen LogP contribution in [0.15, 0.2) is 10.8 Å². The zero-order chi connectivity index (χ0) is 15.1. The molecule has 1 heterocycles. The number of hydrogen-bond acceptors (Lipinski definition) is 5. The van der Waals surface area contributed by atoms with Crippen LogP contribution >= 0.6 is 15.9 Å². The highest BCUT2D eigenvalue weighted by Crippen LogP contribution is 2.29. The van der Waals surface area contributed by atoms with Crippen LogP contribution in [0.25, 0.3) is 0 Å². The maximum atomic E-state index is 11.9. The van der Waals surface area contributed by atoms with Gasteiger partial charge in [0.1, 0.15) is 22.4 Å². The van der Waals surface area contributed by atoms with E-state index in [9.17, 15) is 4.79 Å². The van der Waals surface area contributed by atoms with Crippen molar-refractivity contribution in [2.24, 2.45) is 0 Å². The molecule has 1 rings (SSSR count). The number of carbonyl (C=O) groups is 1. The van der Waals surface area contributed by atoms with E-state index in [1.165, 1.54) is 6.33 Å². The summed E-state index contributed by atoms with van der Waals surface area (Å²) in [6.45, 7) is 9.61. The van der Waals surface area contributed by atoms with E-state index >= 15 is 0 Å². The minimum absolute atomic E-state index is 0.0163. The number of amides is 1. The molecule has 0 aliphatic rings. The monoisotopic (exact) mass is 343 g/mol. The van der Waals surface area contributed by atoms with E-state index in [0.717, 1.165) is 22.7 Å². The van der Waals surface area contributed by atoms with Gasteiger partial charge in [-0.3, -0.25) is 4.79 Å². The Morgan fingerprint density at radius 2 is 2.10 bits per heavy atom. The maximum Gasteiger partial charge on any atom is 0.239 e. The fraction of sp³-hybridized carbons (Fsp3) is 0.615. The van der Waals surface area contributed by atoms with Crippen molar-refractivity contribution in [2.75, 3.05) is 29.9 Å². The summed E-state index contributed by atoms with van der Waals surface area (Å²) >= 11 is 3.50. The molecular formula is C13H22BrN5O. The SMILES string of the molecule is CCNc1ncnc(N(CC)CC(=O)NC(C)C)c1Br. The molecule has 0 aliphatic heterocycles. The summed E-state index contributed by atoms with van der Waals surface area (Å²) in [7, 11) is 0. The van der Waals surface area contributed by atoms with Gasteiger partial charge in [-0.2, -0.15) is 0 Å². The number of likely N-dealkylation sites (N-methyl/N-ethyl adjacent to an activating group) is 1. The Balaban J connectivity index is 2.89. The van der Waals surface area contributed by atoms with E-state index in [4.69, 9.17) is 0 Å². The summed E-state index contributed by atoms with van der Waals surface area (Å²) in [6.07, 6.45) is 1.50. The lowest BCUT2D eigenvalue weighted by atomic mass is 10.3. The van der Waals surface area contributed by atoms with E-state index in [1.54, 1.807) is 0 Å². The maximum absolute atomic E-state index is 11.9. The highest BCUT2D eigenvalue weighted by molar-refractivity contribution is 9.10. The summed E-state index contributed by atoms with van der Waals surface area (Å²) in [5, 5.41) is 6.04. The van der Waals surface area contributed by atoms with E-state index in [0.29, 0.717) is 6.54 Å².